The Balaban J connectivity index is 2.80. The number of carbonyl (C=O) groups is 1. The molecular formula is C14H23N3O. The van der Waals surface area contributed by atoms with Crippen LogP contribution < -0.4 is 5.73 Å². The number of pyridine rings is 1. The van der Waals surface area contributed by atoms with Gasteiger partial charge in [-0.1, -0.05) is 13.8 Å². The van der Waals surface area contributed by atoms with E-state index in [1.165, 1.54) is 0 Å². The lowest BCUT2D eigenvalue weighted by molar-refractivity contribution is 0.0735. The van der Waals surface area contributed by atoms with Crippen LogP contribution in [0, 0.1) is 12.8 Å². The summed E-state index contributed by atoms with van der Waals surface area (Å²) in [6, 6.07) is 3.60. The molecule has 1 aromatic rings. The fourth-order valence-electron chi connectivity index (χ4n) is 1.86. The van der Waals surface area contributed by atoms with E-state index >= 15 is 0 Å². The molecule has 0 bridgehead atoms. The molecule has 0 aliphatic carbocycles. The second kappa shape index (κ2) is 7.11. The highest BCUT2D eigenvalue weighted by atomic mass is 16.2. The first-order valence-electron chi connectivity index (χ1n) is 6.46. The van der Waals surface area contributed by atoms with Gasteiger partial charge in [-0.05, 0) is 37.9 Å². The van der Waals surface area contributed by atoms with Crippen molar-refractivity contribution in [3.05, 3.63) is 29.6 Å². The molecule has 1 rings (SSSR count). The molecule has 100 valence electrons. The Labute approximate surface area is 109 Å². The zero-order valence-corrected chi connectivity index (χ0v) is 11.5. The smallest absolute Gasteiger partial charge is 0.253 e. The van der Waals surface area contributed by atoms with Crippen LogP contribution in [-0.4, -0.2) is 35.4 Å². The van der Waals surface area contributed by atoms with Crippen LogP contribution in [0.3, 0.4) is 0 Å². The minimum absolute atomic E-state index is 0.0719. The van der Waals surface area contributed by atoms with Crippen LogP contribution in [-0.2, 0) is 0 Å². The first-order valence-corrected chi connectivity index (χ1v) is 6.46. The number of rotatable bonds is 6. The van der Waals surface area contributed by atoms with Crippen molar-refractivity contribution in [2.24, 2.45) is 11.7 Å². The molecule has 0 aliphatic heterocycles. The third-order valence-electron chi connectivity index (χ3n) is 2.65. The zero-order chi connectivity index (χ0) is 13.5. The Bertz CT molecular complexity index is 390. The van der Waals surface area contributed by atoms with Gasteiger partial charge in [0.2, 0.25) is 0 Å². The summed E-state index contributed by atoms with van der Waals surface area (Å²) in [5.74, 6) is 0.525. The highest BCUT2D eigenvalue weighted by molar-refractivity contribution is 5.94. The molecule has 0 aliphatic rings. The van der Waals surface area contributed by atoms with Gasteiger partial charge in [-0.3, -0.25) is 9.78 Å². The maximum absolute atomic E-state index is 12.4. The largest absolute Gasteiger partial charge is 0.338 e. The van der Waals surface area contributed by atoms with Gasteiger partial charge in [-0.15, -0.1) is 0 Å². The molecule has 1 heterocycles. The molecule has 0 saturated carbocycles. The number of aromatic nitrogens is 1. The number of hydrogen-bond acceptors (Lipinski definition) is 3. The molecule has 1 amide bonds. The summed E-state index contributed by atoms with van der Waals surface area (Å²) in [5.41, 5.74) is 7.10. The summed E-state index contributed by atoms with van der Waals surface area (Å²) in [6.45, 7) is 8.21. The van der Waals surface area contributed by atoms with Gasteiger partial charge in [0.15, 0.2) is 0 Å². The summed E-state index contributed by atoms with van der Waals surface area (Å²) in [5, 5.41) is 0. The molecule has 0 fully saturated rings. The first-order chi connectivity index (χ1) is 8.54. The maximum atomic E-state index is 12.4. The van der Waals surface area contributed by atoms with Crippen LogP contribution in [0.15, 0.2) is 18.3 Å². The second-order valence-corrected chi connectivity index (χ2v) is 4.97. The maximum Gasteiger partial charge on any atom is 0.253 e. The Morgan fingerprint density at radius 1 is 1.50 bits per heavy atom. The number of amides is 1. The number of hydrogen-bond donors (Lipinski definition) is 1. The van der Waals surface area contributed by atoms with Gasteiger partial charge in [0.05, 0.1) is 0 Å². The highest BCUT2D eigenvalue weighted by Gasteiger charge is 2.16. The van der Waals surface area contributed by atoms with Crippen molar-refractivity contribution >= 4 is 5.91 Å². The Morgan fingerprint density at radius 2 is 2.22 bits per heavy atom. The third kappa shape index (κ3) is 4.45. The summed E-state index contributed by atoms with van der Waals surface area (Å²) in [7, 11) is 0. The predicted molar refractivity (Wildman–Crippen MR) is 73.4 cm³/mol. The van der Waals surface area contributed by atoms with Gasteiger partial charge < -0.3 is 10.6 Å². The lowest BCUT2D eigenvalue weighted by atomic mass is 10.1. The van der Waals surface area contributed by atoms with Crippen LogP contribution in [0.2, 0.25) is 0 Å². The van der Waals surface area contributed by atoms with Crippen LogP contribution in [0.1, 0.15) is 36.3 Å². The summed E-state index contributed by atoms with van der Waals surface area (Å²) >= 11 is 0. The van der Waals surface area contributed by atoms with Crippen molar-refractivity contribution in [3.63, 3.8) is 0 Å². The molecule has 4 nitrogen and oxygen atoms in total. The molecule has 0 saturated heterocycles. The van der Waals surface area contributed by atoms with Gasteiger partial charge in [-0.2, -0.15) is 0 Å². The van der Waals surface area contributed by atoms with E-state index in [0.29, 0.717) is 18.0 Å². The average molecular weight is 249 g/mol. The van der Waals surface area contributed by atoms with E-state index in [1.807, 2.05) is 17.9 Å². The molecule has 0 radical (unpaired) electrons. The van der Waals surface area contributed by atoms with E-state index in [2.05, 4.69) is 18.8 Å². The minimum atomic E-state index is 0.0719. The van der Waals surface area contributed by atoms with Crippen LogP contribution >= 0.6 is 0 Å². The van der Waals surface area contributed by atoms with Crippen molar-refractivity contribution in [1.82, 2.24) is 9.88 Å². The van der Waals surface area contributed by atoms with E-state index in [0.717, 1.165) is 25.2 Å². The van der Waals surface area contributed by atoms with Crippen LogP contribution in [0.25, 0.3) is 0 Å². The Hall–Kier alpha value is -1.42. The SMILES string of the molecule is Cc1cc(C(=O)N(CCCN)CC(C)C)ccn1. The predicted octanol–water partition coefficient (Wildman–Crippen LogP) is 1.84. The first kappa shape index (κ1) is 14.6. The Morgan fingerprint density at radius 3 is 2.78 bits per heavy atom. The van der Waals surface area contributed by atoms with E-state index in [1.54, 1.807) is 12.3 Å². The van der Waals surface area contributed by atoms with Gasteiger partial charge >= 0.3 is 0 Å². The standard InChI is InChI=1S/C14H23N3O/c1-11(2)10-17(8-4-6-15)14(18)13-5-7-16-12(3)9-13/h5,7,9,11H,4,6,8,10,15H2,1-3H3. The molecule has 0 atom stereocenters. The van der Waals surface area contributed by atoms with Crippen molar-refractivity contribution in [2.75, 3.05) is 19.6 Å². The molecule has 1 aromatic heterocycles. The summed E-state index contributed by atoms with van der Waals surface area (Å²) < 4.78 is 0. The van der Waals surface area contributed by atoms with Crippen LogP contribution in [0.5, 0.6) is 0 Å². The van der Waals surface area contributed by atoms with Crippen molar-refractivity contribution in [1.29, 1.82) is 0 Å². The summed E-state index contributed by atoms with van der Waals surface area (Å²) in [6.07, 6.45) is 2.52. The molecule has 0 spiro atoms. The lowest BCUT2D eigenvalue weighted by Gasteiger charge is -2.24. The normalized spacial score (nSPS) is 10.7. The summed E-state index contributed by atoms with van der Waals surface area (Å²) in [4.78, 5) is 18.4. The van der Waals surface area contributed by atoms with Crippen molar-refractivity contribution in [3.8, 4) is 0 Å². The van der Waals surface area contributed by atoms with E-state index in [-0.39, 0.29) is 5.91 Å². The Kier molecular flexibility index (Phi) is 5.78. The minimum Gasteiger partial charge on any atom is -0.338 e. The molecule has 2 N–H and O–H groups in total. The fraction of sp³-hybridized carbons (Fsp3) is 0.571. The van der Waals surface area contributed by atoms with E-state index in [4.69, 9.17) is 5.73 Å². The lowest BCUT2D eigenvalue weighted by Crippen LogP contribution is -2.35. The molecular weight excluding hydrogens is 226 g/mol. The topological polar surface area (TPSA) is 59.2 Å². The monoisotopic (exact) mass is 249 g/mol. The highest BCUT2D eigenvalue weighted by Crippen LogP contribution is 2.09. The third-order valence-corrected chi connectivity index (χ3v) is 2.65. The van der Waals surface area contributed by atoms with Crippen LogP contribution in [0.4, 0.5) is 0 Å². The van der Waals surface area contributed by atoms with E-state index < -0.39 is 0 Å². The number of aryl methyl sites for hydroxylation is 1. The van der Waals surface area contributed by atoms with Gasteiger partial charge in [-0.25, -0.2) is 0 Å². The number of nitrogens with zero attached hydrogens (tertiary/aromatic N) is 2. The van der Waals surface area contributed by atoms with Crippen molar-refractivity contribution in [2.45, 2.75) is 27.2 Å². The quantitative estimate of drug-likeness (QED) is 0.837. The number of carbonyl (C=O) groups excluding carboxylic acids is 1. The fourth-order valence-corrected chi connectivity index (χ4v) is 1.86. The number of nitrogens with two attached hydrogens (primary N) is 1. The average Bonchev–Trinajstić information content (AvgIpc) is 2.33. The zero-order valence-electron chi connectivity index (χ0n) is 11.5. The molecule has 0 unspecified atom stereocenters. The molecule has 0 aromatic carbocycles. The van der Waals surface area contributed by atoms with Gasteiger partial charge in [0, 0.05) is 30.5 Å². The van der Waals surface area contributed by atoms with Gasteiger partial charge in [0.25, 0.3) is 5.91 Å². The van der Waals surface area contributed by atoms with Crippen molar-refractivity contribution < 1.29 is 4.79 Å². The molecule has 4 heteroatoms. The second-order valence-electron chi connectivity index (χ2n) is 4.97. The molecule has 18 heavy (non-hydrogen) atoms. The van der Waals surface area contributed by atoms with Gasteiger partial charge in [0.1, 0.15) is 0 Å². The van der Waals surface area contributed by atoms with E-state index in [9.17, 15) is 4.79 Å².